The van der Waals surface area contributed by atoms with Crippen molar-refractivity contribution >= 4 is 28.2 Å². The van der Waals surface area contributed by atoms with Crippen LogP contribution in [0.15, 0.2) is 51.0 Å². The number of hydrogen-bond acceptors (Lipinski definition) is 4. The van der Waals surface area contributed by atoms with Gasteiger partial charge in [-0.05, 0) is 36.4 Å². The molecule has 0 aliphatic carbocycles. The number of carbonyl (C=O) groups is 1. The molecule has 2 heterocycles. The second kappa shape index (κ2) is 6.15. The predicted molar refractivity (Wildman–Crippen MR) is 87.6 cm³/mol. The highest BCUT2D eigenvalue weighted by Crippen LogP contribution is 2.18. The van der Waals surface area contributed by atoms with Crippen LogP contribution in [0.1, 0.15) is 20.8 Å². The first-order valence-corrected chi connectivity index (χ1v) is 7.88. The van der Waals surface area contributed by atoms with E-state index in [4.69, 9.17) is 4.42 Å². The Kier molecular flexibility index (Phi) is 4.06. The van der Waals surface area contributed by atoms with E-state index in [1.165, 1.54) is 4.88 Å². The monoisotopic (exact) mass is 313 g/mol. The van der Waals surface area contributed by atoms with Crippen molar-refractivity contribution in [1.82, 2.24) is 5.32 Å². The lowest BCUT2D eigenvalue weighted by atomic mass is 10.1. The van der Waals surface area contributed by atoms with Crippen molar-refractivity contribution in [2.45, 2.75) is 13.3 Å². The third kappa shape index (κ3) is 2.80. The summed E-state index contributed by atoms with van der Waals surface area (Å²) in [6, 6.07) is 11.2. The second-order valence-electron chi connectivity index (χ2n) is 4.97. The van der Waals surface area contributed by atoms with Crippen molar-refractivity contribution in [1.29, 1.82) is 0 Å². The molecule has 1 aromatic carbocycles. The molecule has 0 fully saturated rings. The van der Waals surface area contributed by atoms with Crippen LogP contribution in [0, 0.1) is 6.92 Å². The molecule has 0 saturated heterocycles. The number of para-hydroxylation sites is 1. The van der Waals surface area contributed by atoms with E-state index < -0.39 is 5.63 Å². The topological polar surface area (TPSA) is 59.3 Å². The van der Waals surface area contributed by atoms with Crippen molar-refractivity contribution in [3.63, 3.8) is 0 Å². The van der Waals surface area contributed by atoms with E-state index in [0.29, 0.717) is 17.7 Å². The molecule has 0 bridgehead atoms. The fraction of sp³-hybridized carbons (Fsp3) is 0.176. The lowest BCUT2D eigenvalue weighted by Crippen LogP contribution is -2.30. The van der Waals surface area contributed by atoms with Crippen molar-refractivity contribution in [2.24, 2.45) is 0 Å². The van der Waals surface area contributed by atoms with Crippen LogP contribution in [0.3, 0.4) is 0 Å². The first kappa shape index (κ1) is 14.5. The van der Waals surface area contributed by atoms with Gasteiger partial charge in [-0.2, -0.15) is 0 Å². The van der Waals surface area contributed by atoms with Gasteiger partial charge < -0.3 is 9.73 Å². The third-order valence-corrected chi connectivity index (χ3v) is 4.47. The van der Waals surface area contributed by atoms with Crippen molar-refractivity contribution < 1.29 is 9.21 Å². The highest BCUT2D eigenvalue weighted by Gasteiger charge is 2.17. The maximum Gasteiger partial charge on any atom is 0.349 e. The Balaban J connectivity index is 1.83. The highest BCUT2D eigenvalue weighted by atomic mass is 32.1. The van der Waals surface area contributed by atoms with Crippen LogP contribution in [0.5, 0.6) is 0 Å². The molecule has 5 heteroatoms. The molecule has 2 aromatic heterocycles. The summed E-state index contributed by atoms with van der Waals surface area (Å²) in [4.78, 5) is 25.5. The van der Waals surface area contributed by atoms with Crippen LogP contribution < -0.4 is 10.9 Å². The van der Waals surface area contributed by atoms with E-state index in [1.807, 2.05) is 29.6 Å². The molecule has 0 aliphatic heterocycles. The number of thiophene rings is 1. The SMILES string of the molecule is Cc1c(C(=O)NCCc2cccs2)c(=O)oc2ccccc12. The molecule has 112 valence electrons. The molecule has 3 rings (SSSR count). The van der Waals surface area contributed by atoms with E-state index in [0.717, 1.165) is 11.8 Å². The van der Waals surface area contributed by atoms with Crippen LogP contribution in [0.25, 0.3) is 11.0 Å². The predicted octanol–water partition coefficient (Wildman–Crippen LogP) is 3.14. The Morgan fingerprint density at radius 3 is 2.82 bits per heavy atom. The minimum atomic E-state index is -0.593. The van der Waals surface area contributed by atoms with Gasteiger partial charge in [0.15, 0.2) is 0 Å². The number of fused-ring (bicyclic) bond motifs is 1. The van der Waals surface area contributed by atoms with Gasteiger partial charge in [0.05, 0.1) is 0 Å². The summed E-state index contributed by atoms with van der Waals surface area (Å²) < 4.78 is 5.23. The zero-order chi connectivity index (χ0) is 15.5. The molecule has 0 spiro atoms. The van der Waals surface area contributed by atoms with Gasteiger partial charge in [0.2, 0.25) is 0 Å². The minimum absolute atomic E-state index is 0.0879. The average Bonchev–Trinajstić information content (AvgIpc) is 3.00. The maximum atomic E-state index is 12.3. The number of hydrogen-bond donors (Lipinski definition) is 1. The number of nitrogens with one attached hydrogen (secondary N) is 1. The lowest BCUT2D eigenvalue weighted by molar-refractivity contribution is 0.0950. The summed E-state index contributed by atoms with van der Waals surface area (Å²) in [5.41, 5.74) is 0.648. The van der Waals surface area contributed by atoms with Gasteiger partial charge in [0.1, 0.15) is 11.1 Å². The normalized spacial score (nSPS) is 10.8. The molecule has 22 heavy (non-hydrogen) atoms. The van der Waals surface area contributed by atoms with Crippen molar-refractivity contribution in [3.05, 3.63) is 68.2 Å². The standard InChI is InChI=1S/C17H15NO3S/c1-11-13-6-2-3-7-14(13)21-17(20)15(11)16(19)18-9-8-12-5-4-10-22-12/h2-7,10H,8-9H2,1H3,(H,18,19). The molecular weight excluding hydrogens is 298 g/mol. The quantitative estimate of drug-likeness (QED) is 0.753. The fourth-order valence-corrected chi connectivity index (χ4v) is 3.12. The zero-order valence-electron chi connectivity index (χ0n) is 12.1. The van der Waals surface area contributed by atoms with Gasteiger partial charge in [-0.3, -0.25) is 4.79 Å². The molecule has 1 N–H and O–H groups in total. The Labute approximate surface area is 131 Å². The molecule has 0 radical (unpaired) electrons. The van der Waals surface area contributed by atoms with Crippen molar-refractivity contribution in [2.75, 3.05) is 6.54 Å². The first-order chi connectivity index (χ1) is 10.7. The summed E-state index contributed by atoms with van der Waals surface area (Å²) in [5, 5.41) is 5.57. The lowest BCUT2D eigenvalue weighted by Gasteiger charge is -2.08. The number of amides is 1. The first-order valence-electron chi connectivity index (χ1n) is 7.00. The molecule has 0 unspecified atom stereocenters. The van der Waals surface area contributed by atoms with Crippen LogP contribution in [-0.4, -0.2) is 12.5 Å². The van der Waals surface area contributed by atoms with Crippen molar-refractivity contribution in [3.8, 4) is 0 Å². The highest BCUT2D eigenvalue weighted by molar-refractivity contribution is 7.09. The van der Waals surface area contributed by atoms with E-state index in [2.05, 4.69) is 5.32 Å². The van der Waals surface area contributed by atoms with Gasteiger partial charge in [-0.1, -0.05) is 24.3 Å². The Morgan fingerprint density at radius 2 is 2.05 bits per heavy atom. The van der Waals surface area contributed by atoms with Gasteiger partial charge in [-0.25, -0.2) is 4.79 Å². The molecular formula is C17H15NO3S. The Hall–Kier alpha value is -2.40. The largest absolute Gasteiger partial charge is 0.422 e. The minimum Gasteiger partial charge on any atom is -0.422 e. The smallest absolute Gasteiger partial charge is 0.349 e. The molecule has 0 saturated carbocycles. The van der Waals surface area contributed by atoms with Gasteiger partial charge in [-0.15, -0.1) is 11.3 Å². The summed E-state index contributed by atoms with van der Waals surface area (Å²) in [6.45, 7) is 2.26. The molecule has 3 aromatic rings. The van der Waals surface area contributed by atoms with E-state index in [1.54, 1.807) is 30.4 Å². The van der Waals surface area contributed by atoms with Crippen LogP contribution in [0.4, 0.5) is 0 Å². The Bertz CT molecular complexity index is 865. The molecule has 0 aliphatic rings. The molecule has 4 nitrogen and oxygen atoms in total. The van der Waals surface area contributed by atoms with Crippen LogP contribution in [-0.2, 0) is 6.42 Å². The van der Waals surface area contributed by atoms with E-state index in [9.17, 15) is 9.59 Å². The van der Waals surface area contributed by atoms with E-state index >= 15 is 0 Å². The number of carbonyl (C=O) groups excluding carboxylic acids is 1. The Morgan fingerprint density at radius 1 is 1.23 bits per heavy atom. The summed E-state index contributed by atoms with van der Waals surface area (Å²) in [5.74, 6) is -0.381. The van der Waals surface area contributed by atoms with Crippen LogP contribution in [0.2, 0.25) is 0 Å². The summed E-state index contributed by atoms with van der Waals surface area (Å²) in [6.07, 6.45) is 0.751. The number of rotatable bonds is 4. The van der Waals surface area contributed by atoms with Gasteiger partial charge in [0.25, 0.3) is 5.91 Å². The van der Waals surface area contributed by atoms with Gasteiger partial charge in [0, 0.05) is 16.8 Å². The third-order valence-electron chi connectivity index (χ3n) is 3.54. The maximum absolute atomic E-state index is 12.3. The fourth-order valence-electron chi connectivity index (χ4n) is 2.41. The number of aryl methyl sites for hydroxylation is 1. The number of benzene rings is 1. The molecule has 0 atom stereocenters. The summed E-state index contributed by atoms with van der Waals surface area (Å²) in [7, 11) is 0. The summed E-state index contributed by atoms with van der Waals surface area (Å²) >= 11 is 1.65. The zero-order valence-corrected chi connectivity index (χ0v) is 12.9. The van der Waals surface area contributed by atoms with E-state index in [-0.39, 0.29) is 11.5 Å². The average molecular weight is 313 g/mol. The van der Waals surface area contributed by atoms with Crippen LogP contribution >= 0.6 is 11.3 Å². The molecule has 1 amide bonds. The second-order valence-corrected chi connectivity index (χ2v) is 6.00. The van der Waals surface area contributed by atoms with Gasteiger partial charge >= 0.3 is 5.63 Å².